The van der Waals surface area contributed by atoms with Crippen LogP contribution >= 0.6 is 11.6 Å². The molecule has 0 unspecified atom stereocenters. The minimum absolute atomic E-state index is 0.00907. The number of carbonyl (C=O) groups excluding carboxylic acids is 2. The highest BCUT2D eigenvalue weighted by molar-refractivity contribution is 6.31. The highest BCUT2D eigenvalue weighted by Crippen LogP contribution is 2.36. The molecule has 0 bridgehead atoms. The number of fused-ring (bicyclic) bond motifs is 1. The van der Waals surface area contributed by atoms with Crippen LogP contribution in [0.3, 0.4) is 0 Å². The van der Waals surface area contributed by atoms with E-state index in [0.717, 1.165) is 12.1 Å². The van der Waals surface area contributed by atoms with E-state index in [1.54, 1.807) is 9.80 Å². The predicted octanol–water partition coefficient (Wildman–Crippen LogP) is 2.91. The Morgan fingerprint density at radius 2 is 1.62 bits per heavy atom. The van der Waals surface area contributed by atoms with Crippen molar-refractivity contribution in [1.82, 2.24) is 9.80 Å². The van der Waals surface area contributed by atoms with Gasteiger partial charge in [-0.2, -0.15) is 13.2 Å². The van der Waals surface area contributed by atoms with Gasteiger partial charge in [-0.15, -0.1) is 0 Å². The van der Waals surface area contributed by atoms with Crippen LogP contribution in [0.1, 0.15) is 22.8 Å². The van der Waals surface area contributed by atoms with Crippen LogP contribution in [0.15, 0.2) is 18.2 Å². The van der Waals surface area contributed by atoms with Crippen molar-refractivity contribution in [2.45, 2.75) is 13.1 Å². The number of benzene rings is 1. The zero-order valence-electron chi connectivity index (χ0n) is 12.9. The lowest BCUT2D eigenvalue weighted by Gasteiger charge is -2.21. The summed E-state index contributed by atoms with van der Waals surface area (Å²) in [6.07, 6.45) is -4.60. The summed E-state index contributed by atoms with van der Waals surface area (Å²) in [5.41, 5.74) is -1.02. The lowest BCUT2D eigenvalue weighted by atomic mass is 10.0. The van der Waals surface area contributed by atoms with Gasteiger partial charge in [0.25, 0.3) is 5.91 Å². The van der Waals surface area contributed by atoms with Crippen molar-refractivity contribution < 1.29 is 22.8 Å². The van der Waals surface area contributed by atoms with Crippen LogP contribution in [0.25, 0.3) is 0 Å². The van der Waals surface area contributed by atoms with Crippen molar-refractivity contribution in [1.29, 1.82) is 0 Å². The molecule has 3 rings (SSSR count). The number of carbonyl (C=O) groups is 2. The number of likely N-dealkylation sites (tertiary alicyclic amines) is 2. The summed E-state index contributed by atoms with van der Waals surface area (Å²) >= 11 is 5.59. The largest absolute Gasteiger partial charge is 0.417 e. The van der Waals surface area contributed by atoms with E-state index in [1.807, 2.05) is 0 Å². The first-order valence-corrected chi connectivity index (χ1v) is 7.96. The molecule has 0 radical (unpaired) electrons. The number of nitrogens with zero attached hydrogens (tertiary/aromatic N) is 2. The molecule has 130 valence electrons. The summed E-state index contributed by atoms with van der Waals surface area (Å²) in [5, 5.41) is -0.422. The fourth-order valence-electron chi connectivity index (χ4n) is 3.47. The first kappa shape index (κ1) is 17.1. The normalized spacial score (nSPS) is 23.5. The van der Waals surface area contributed by atoms with Gasteiger partial charge in [-0.1, -0.05) is 11.6 Å². The van der Waals surface area contributed by atoms with Crippen LogP contribution in [0, 0.1) is 11.8 Å². The average Bonchev–Trinajstić information content (AvgIpc) is 3.04. The monoisotopic (exact) mass is 360 g/mol. The van der Waals surface area contributed by atoms with Gasteiger partial charge in [0.05, 0.1) is 10.6 Å². The van der Waals surface area contributed by atoms with Crippen molar-refractivity contribution in [3.05, 3.63) is 34.3 Å². The van der Waals surface area contributed by atoms with Gasteiger partial charge >= 0.3 is 6.18 Å². The third-order valence-corrected chi connectivity index (χ3v) is 5.07. The van der Waals surface area contributed by atoms with Gasteiger partial charge in [0.1, 0.15) is 0 Å². The van der Waals surface area contributed by atoms with Crippen molar-refractivity contribution >= 4 is 23.4 Å². The molecule has 1 aromatic rings. The maximum atomic E-state index is 12.9. The van der Waals surface area contributed by atoms with Gasteiger partial charge in [-0.3, -0.25) is 9.59 Å². The molecule has 2 saturated heterocycles. The zero-order chi connectivity index (χ0) is 17.6. The van der Waals surface area contributed by atoms with Crippen molar-refractivity contribution in [3.63, 3.8) is 0 Å². The molecule has 0 aromatic heterocycles. The van der Waals surface area contributed by atoms with E-state index >= 15 is 0 Å². The number of hydrogen-bond acceptors (Lipinski definition) is 2. The second kappa shape index (κ2) is 5.95. The van der Waals surface area contributed by atoms with Gasteiger partial charge in [-0.05, 0) is 18.2 Å². The molecule has 2 aliphatic rings. The Bertz CT molecular complexity index is 678. The lowest BCUT2D eigenvalue weighted by molar-refractivity contribution is -0.137. The van der Waals surface area contributed by atoms with Crippen LogP contribution in [0.2, 0.25) is 5.02 Å². The second-order valence-electron chi connectivity index (χ2n) is 6.35. The predicted molar refractivity (Wildman–Crippen MR) is 81.6 cm³/mol. The minimum Gasteiger partial charge on any atom is -0.342 e. The Morgan fingerprint density at radius 3 is 2.12 bits per heavy atom. The van der Waals surface area contributed by atoms with Gasteiger partial charge in [-0.25, -0.2) is 0 Å². The summed E-state index contributed by atoms with van der Waals surface area (Å²) in [5.74, 6) is -0.0461. The highest BCUT2D eigenvalue weighted by Gasteiger charge is 2.42. The Morgan fingerprint density at radius 1 is 1.08 bits per heavy atom. The fraction of sp³-hybridized carbons (Fsp3) is 0.500. The molecule has 24 heavy (non-hydrogen) atoms. The summed E-state index contributed by atoms with van der Waals surface area (Å²) in [6, 6.07) is 3.22. The highest BCUT2D eigenvalue weighted by atomic mass is 35.5. The SMILES string of the molecule is CC(=O)N1C[C@@H]2CN(C(=O)c3ccc(Cl)c(C(F)(F)F)c3)C[C@H]2C1. The molecule has 2 heterocycles. The molecular weight excluding hydrogens is 345 g/mol. The Labute approximate surface area is 142 Å². The maximum absolute atomic E-state index is 12.9. The molecule has 8 heteroatoms. The van der Waals surface area contributed by atoms with E-state index in [0.29, 0.717) is 26.2 Å². The number of amides is 2. The molecular formula is C16H16ClF3N2O2. The molecule has 0 N–H and O–H groups in total. The molecule has 0 aliphatic carbocycles. The first-order valence-electron chi connectivity index (χ1n) is 7.58. The van der Waals surface area contributed by atoms with E-state index < -0.39 is 22.7 Å². The number of alkyl halides is 3. The second-order valence-corrected chi connectivity index (χ2v) is 6.75. The van der Waals surface area contributed by atoms with Crippen molar-refractivity contribution in [2.24, 2.45) is 11.8 Å². The maximum Gasteiger partial charge on any atom is 0.417 e. The van der Waals surface area contributed by atoms with Crippen LogP contribution in [0.4, 0.5) is 13.2 Å². The molecule has 4 nitrogen and oxygen atoms in total. The van der Waals surface area contributed by atoms with E-state index in [-0.39, 0.29) is 23.3 Å². The van der Waals surface area contributed by atoms with Crippen molar-refractivity contribution in [3.8, 4) is 0 Å². The summed E-state index contributed by atoms with van der Waals surface area (Å²) in [4.78, 5) is 27.2. The number of hydrogen-bond donors (Lipinski definition) is 0. The van der Waals surface area contributed by atoms with E-state index in [4.69, 9.17) is 11.6 Å². The van der Waals surface area contributed by atoms with Gasteiger partial charge in [0.2, 0.25) is 5.91 Å². The van der Waals surface area contributed by atoms with Gasteiger partial charge < -0.3 is 9.80 Å². The lowest BCUT2D eigenvalue weighted by Crippen LogP contribution is -2.34. The average molecular weight is 361 g/mol. The summed E-state index contributed by atoms with van der Waals surface area (Å²) in [7, 11) is 0. The quantitative estimate of drug-likeness (QED) is 0.772. The van der Waals surface area contributed by atoms with Crippen LogP contribution in [0.5, 0.6) is 0 Å². The molecule has 0 saturated carbocycles. The summed E-state index contributed by atoms with van der Waals surface area (Å²) in [6.45, 7) is 3.61. The molecule has 1 aromatic carbocycles. The zero-order valence-corrected chi connectivity index (χ0v) is 13.7. The third kappa shape index (κ3) is 3.09. The third-order valence-electron chi connectivity index (χ3n) is 4.74. The molecule has 2 aliphatic heterocycles. The standard InChI is InChI=1S/C16H16ClF3N2O2/c1-9(23)21-5-11-7-22(8-12(11)6-21)15(24)10-2-3-14(17)13(4-10)16(18,19)20/h2-4,11-12H,5-8H2,1H3/t11-,12-/m1/s1. The van der Waals surface area contributed by atoms with Crippen molar-refractivity contribution in [2.75, 3.05) is 26.2 Å². The Hall–Kier alpha value is -1.76. The Kier molecular flexibility index (Phi) is 4.23. The van der Waals surface area contributed by atoms with E-state index in [2.05, 4.69) is 0 Å². The fourth-order valence-corrected chi connectivity index (χ4v) is 3.70. The first-order chi connectivity index (χ1) is 11.2. The van der Waals surface area contributed by atoms with Gasteiger partial charge in [0.15, 0.2) is 0 Å². The topological polar surface area (TPSA) is 40.6 Å². The Balaban J connectivity index is 1.74. The number of rotatable bonds is 1. The van der Waals surface area contributed by atoms with Crippen LogP contribution < -0.4 is 0 Å². The molecule has 2 fully saturated rings. The van der Waals surface area contributed by atoms with Crippen LogP contribution in [-0.4, -0.2) is 47.8 Å². The van der Waals surface area contributed by atoms with E-state index in [9.17, 15) is 22.8 Å². The molecule has 0 spiro atoms. The molecule has 2 amide bonds. The minimum atomic E-state index is -4.60. The number of halogens is 4. The summed E-state index contributed by atoms with van der Waals surface area (Å²) < 4.78 is 38.8. The van der Waals surface area contributed by atoms with E-state index in [1.165, 1.54) is 13.0 Å². The van der Waals surface area contributed by atoms with Crippen LogP contribution in [-0.2, 0) is 11.0 Å². The molecule has 2 atom stereocenters. The smallest absolute Gasteiger partial charge is 0.342 e. The van der Waals surface area contributed by atoms with Gasteiger partial charge in [0, 0.05) is 50.5 Å².